The van der Waals surface area contributed by atoms with Gasteiger partial charge < -0.3 is 15.5 Å². The molecule has 214 valence electrons. The van der Waals surface area contributed by atoms with Gasteiger partial charge in [0.2, 0.25) is 17.8 Å². The van der Waals surface area contributed by atoms with Crippen molar-refractivity contribution in [2.75, 3.05) is 38.0 Å². The fraction of sp³-hybridized carbons (Fsp3) is 0.464. The highest BCUT2D eigenvalue weighted by Gasteiger charge is 2.34. The first kappa shape index (κ1) is 26.0. The van der Waals surface area contributed by atoms with E-state index in [0.717, 1.165) is 42.6 Å². The summed E-state index contributed by atoms with van der Waals surface area (Å²) in [5.41, 5.74) is 14.6. The molecule has 1 aliphatic carbocycles. The van der Waals surface area contributed by atoms with Crippen LogP contribution in [0.15, 0.2) is 42.9 Å². The normalized spacial score (nSPS) is 22.8. The highest BCUT2D eigenvalue weighted by molar-refractivity contribution is 5.79. The molecule has 0 bridgehead atoms. The van der Waals surface area contributed by atoms with E-state index in [2.05, 4.69) is 66.2 Å². The third-order valence-corrected chi connectivity index (χ3v) is 8.45. The molecule has 2 amide bonds. The first-order chi connectivity index (χ1) is 20.1. The van der Waals surface area contributed by atoms with E-state index in [4.69, 9.17) is 5.10 Å². The molecule has 3 aliphatic heterocycles. The van der Waals surface area contributed by atoms with Crippen LogP contribution in [-0.2, 0) is 35.5 Å². The Labute approximate surface area is 238 Å². The summed E-state index contributed by atoms with van der Waals surface area (Å²) in [5, 5.41) is 11.2. The number of aromatic nitrogens is 4. The Hall–Kier alpha value is -3.91. The quantitative estimate of drug-likeness (QED) is 0.256. The summed E-state index contributed by atoms with van der Waals surface area (Å²) in [6, 6.07) is 9.30. The lowest BCUT2D eigenvalue weighted by atomic mass is 10.0. The number of hydrogen-bond donors (Lipinski definition) is 5. The lowest BCUT2D eigenvalue weighted by Gasteiger charge is -2.33. The SMILES string of the molecule is O=C1CN(Cc2nn(CC(=O)N3CCC4NNNC4C3)cc2-c2cnc(NC3Cc4ccccc4C3)nc2)CCN1. The van der Waals surface area contributed by atoms with Crippen molar-refractivity contribution >= 4 is 17.8 Å². The van der Waals surface area contributed by atoms with Gasteiger partial charge in [0, 0.05) is 74.5 Å². The van der Waals surface area contributed by atoms with Gasteiger partial charge in [-0.25, -0.2) is 20.8 Å². The fourth-order valence-electron chi connectivity index (χ4n) is 6.29. The predicted molar refractivity (Wildman–Crippen MR) is 151 cm³/mol. The van der Waals surface area contributed by atoms with Crippen molar-refractivity contribution in [1.29, 1.82) is 0 Å². The summed E-state index contributed by atoms with van der Waals surface area (Å²) >= 11 is 0. The number of hydrogen-bond acceptors (Lipinski definition) is 10. The molecular formula is C28H35N11O2. The van der Waals surface area contributed by atoms with Crippen LogP contribution in [0.4, 0.5) is 5.95 Å². The number of rotatable bonds is 7. The van der Waals surface area contributed by atoms with Crippen LogP contribution in [0.2, 0.25) is 0 Å². The number of amides is 2. The maximum Gasteiger partial charge on any atom is 0.244 e. The number of nitrogens with zero attached hydrogens (tertiary/aromatic N) is 6. The van der Waals surface area contributed by atoms with E-state index < -0.39 is 0 Å². The molecule has 7 rings (SSSR count). The smallest absolute Gasteiger partial charge is 0.244 e. The van der Waals surface area contributed by atoms with Crippen LogP contribution in [0.5, 0.6) is 0 Å². The zero-order valence-corrected chi connectivity index (χ0v) is 22.8. The van der Waals surface area contributed by atoms with Crippen molar-refractivity contribution in [3.8, 4) is 11.1 Å². The maximum atomic E-state index is 13.2. The molecule has 0 radical (unpaired) electrons. The second-order valence-electron chi connectivity index (χ2n) is 11.3. The van der Waals surface area contributed by atoms with E-state index in [0.29, 0.717) is 44.7 Å². The van der Waals surface area contributed by atoms with Gasteiger partial charge in [-0.15, -0.1) is 0 Å². The average Bonchev–Trinajstić information content (AvgIpc) is 3.71. The van der Waals surface area contributed by atoms with Crippen molar-refractivity contribution in [3.63, 3.8) is 0 Å². The lowest BCUT2D eigenvalue weighted by Crippen LogP contribution is -2.53. The molecule has 1 aromatic carbocycles. The van der Waals surface area contributed by atoms with Crippen LogP contribution in [0.1, 0.15) is 23.2 Å². The van der Waals surface area contributed by atoms with E-state index in [1.54, 1.807) is 4.68 Å². The van der Waals surface area contributed by atoms with Gasteiger partial charge >= 0.3 is 0 Å². The van der Waals surface area contributed by atoms with Gasteiger partial charge in [-0.1, -0.05) is 24.3 Å². The van der Waals surface area contributed by atoms with Crippen molar-refractivity contribution in [1.82, 2.24) is 51.3 Å². The van der Waals surface area contributed by atoms with Crippen LogP contribution in [0.25, 0.3) is 11.1 Å². The Morgan fingerprint density at radius 3 is 2.61 bits per heavy atom. The van der Waals surface area contributed by atoms with E-state index in [1.807, 2.05) is 23.5 Å². The minimum atomic E-state index is 0.00754. The molecule has 41 heavy (non-hydrogen) atoms. The number of anilines is 1. The molecule has 2 unspecified atom stereocenters. The van der Waals surface area contributed by atoms with Crippen molar-refractivity contribution in [2.24, 2.45) is 0 Å². The van der Waals surface area contributed by atoms with E-state index in [1.165, 1.54) is 11.1 Å². The molecule has 13 heteroatoms. The molecule has 2 aromatic heterocycles. The third kappa shape index (κ3) is 5.66. The molecular weight excluding hydrogens is 522 g/mol. The minimum Gasteiger partial charge on any atom is -0.354 e. The molecule has 13 nitrogen and oxygen atoms in total. The zero-order chi connectivity index (χ0) is 27.8. The van der Waals surface area contributed by atoms with Gasteiger partial charge in [0.05, 0.1) is 18.3 Å². The third-order valence-electron chi connectivity index (χ3n) is 8.45. The number of hydrazine groups is 2. The molecule has 5 N–H and O–H groups in total. The van der Waals surface area contributed by atoms with Gasteiger partial charge in [-0.05, 0) is 30.4 Å². The average molecular weight is 558 g/mol. The predicted octanol–water partition coefficient (Wildman–Crippen LogP) is -0.567. The fourth-order valence-corrected chi connectivity index (χ4v) is 6.29. The molecule has 3 fully saturated rings. The largest absolute Gasteiger partial charge is 0.354 e. The number of piperidine rings is 1. The Morgan fingerprint density at radius 1 is 1.05 bits per heavy atom. The molecule has 3 aromatic rings. The van der Waals surface area contributed by atoms with E-state index in [-0.39, 0.29) is 30.4 Å². The summed E-state index contributed by atoms with van der Waals surface area (Å²) in [6.45, 7) is 3.66. The van der Waals surface area contributed by atoms with Crippen LogP contribution in [0, 0.1) is 0 Å². The first-order valence-corrected chi connectivity index (χ1v) is 14.3. The number of nitrogens with one attached hydrogen (secondary N) is 5. The van der Waals surface area contributed by atoms with Crippen molar-refractivity contribution in [3.05, 3.63) is 59.7 Å². The highest BCUT2D eigenvalue weighted by atomic mass is 16.2. The monoisotopic (exact) mass is 557 g/mol. The summed E-state index contributed by atoms with van der Waals surface area (Å²) in [7, 11) is 0. The van der Waals surface area contributed by atoms with Gasteiger partial charge in [0.1, 0.15) is 6.54 Å². The Bertz CT molecular complexity index is 1400. The van der Waals surface area contributed by atoms with Gasteiger partial charge in [-0.2, -0.15) is 10.6 Å². The van der Waals surface area contributed by atoms with Crippen LogP contribution >= 0.6 is 0 Å². The van der Waals surface area contributed by atoms with Gasteiger partial charge in [0.15, 0.2) is 0 Å². The number of carbonyl (C=O) groups excluding carboxylic acids is 2. The molecule has 4 aliphatic rings. The number of benzene rings is 1. The second-order valence-corrected chi connectivity index (χ2v) is 11.3. The highest BCUT2D eigenvalue weighted by Crippen LogP contribution is 2.26. The summed E-state index contributed by atoms with van der Waals surface area (Å²) in [5.74, 6) is 0.632. The van der Waals surface area contributed by atoms with Crippen LogP contribution < -0.4 is 27.0 Å². The van der Waals surface area contributed by atoms with Gasteiger partial charge in [-0.3, -0.25) is 19.2 Å². The molecule has 2 atom stereocenters. The van der Waals surface area contributed by atoms with Crippen molar-refractivity contribution < 1.29 is 9.59 Å². The number of carbonyl (C=O) groups is 2. The van der Waals surface area contributed by atoms with Gasteiger partial charge in [0.25, 0.3) is 0 Å². The molecule has 5 heterocycles. The summed E-state index contributed by atoms with van der Waals surface area (Å²) < 4.78 is 1.71. The zero-order valence-electron chi connectivity index (χ0n) is 22.8. The van der Waals surface area contributed by atoms with Crippen LogP contribution in [0.3, 0.4) is 0 Å². The number of likely N-dealkylation sites (tertiary alicyclic amines) is 1. The topological polar surface area (TPSA) is 144 Å². The lowest BCUT2D eigenvalue weighted by molar-refractivity contribution is -0.133. The second kappa shape index (κ2) is 11.2. The Kier molecular flexibility index (Phi) is 7.08. The molecule has 0 saturated carbocycles. The maximum absolute atomic E-state index is 13.2. The Balaban J connectivity index is 1.07. The number of piperazine rings is 1. The van der Waals surface area contributed by atoms with Crippen molar-refractivity contribution in [2.45, 2.75) is 50.5 Å². The summed E-state index contributed by atoms with van der Waals surface area (Å²) in [4.78, 5) is 38.5. The van der Waals surface area contributed by atoms with E-state index >= 15 is 0 Å². The van der Waals surface area contributed by atoms with Crippen LogP contribution in [-0.4, -0.2) is 92.2 Å². The number of fused-ring (bicyclic) bond motifs is 2. The summed E-state index contributed by atoms with van der Waals surface area (Å²) in [6.07, 6.45) is 8.31. The standard InChI is InChI=1S/C28H35N11O2/c40-26-16-37(8-6-29-26)14-24-22(13-39(35-24)17-27(41)38-7-5-23-25(15-38)34-36-33-23)20-11-30-28(31-12-20)32-21-9-18-3-1-2-4-19(18)10-21/h1-4,11-13,21,23,25,33-34,36H,5-10,14-17H2,(H,29,40)(H,30,31,32). The molecule has 3 saturated heterocycles. The molecule has 0 spiro atoms. The van der Waals surface area contributed by atoms with E-state index in [9.17, 15) is 9.59 Å². The first-order valence-electron chi connectivity index (χ1n) is 14.3. The minimum absolute atomic E-state index is 0.00754. The Morgan fingerprint density at radius 2 is 1.83 bits per heavy atom.